The predicted octanol–water partition coefficient (Wildman–Crippen LogP) is 8.86. The summed E-state index contributed by atoms with van der Waals surface area (Å²) >= 11 is 0. The third-order valence-corrected chi connectivity index (χ3v) is 6.90. The standard InChI is InChI=1S/C31H41NO/c1-20-18-23(22(3)21(20)2)19-28(32-24-14-16-25(33-10)17-15-24)29-26(30(4,5)6)12-11-13-27(29)31(7,8)9/h11-17H,18-19H2,1-10H3/b32-28-. The van der Waals surface area contributed by atoms with Gasteiger partial charge in [-0.2, -0.15) is 0 Å². The molecule has 0 N–H and O–H groups in total. The van der Waals surface area contributed by atoms with Crippen molar-refractivity contribution in [2.24, 2.45) is 4.99 Å². The van der Waals surface area contributed by atoms with E-state index in [0.717, 1.165) is 30.0 Å². The molecule has 2 aromatic carbocycles. The van der Waals surface area contributed by atoms with Gasteiger partial charge in [-0.1, -0.05) is 70.9 Å². The van der Waals surface area contributed by atoms with Crippen LogP contribution in [0.3, 0.4) is 0 Å². The zero-order valence-corrected chi connectivity index (χ0v) is 22.3. The minimum absolute atomic E-state index is 0.0143. The van der Waals surface area contributed by atoms with Crippen LogP contribution < -0.4 is 4.74 Å². The summed E-state index contributed by atoms with van der Waals surface area (Å²) in [5, 5.41) is 0. The van der Waals surface area contributed by atoms with Gasteiger partial charge in [0, 0.05) is 12.0 Å². The van der Waals surface area contributed by atoms with Gasteiger partial charge in [0.2, 0.25) is 0 Å². The smallest absolute Gasteiger partial charge is 0.119 e. The Balaban J connectivity index is 2.27. The van der Waals surface area contributed by atoms with E-state index in [2.05, 4.69) is 92.6 Å². The molecule has 0 aromatic heterocycles. The van der Waals surface area contributed by atoms with Gasteiger partial charge < -0.3 is 4.74 Å². The van der Waals surface area contributed by atoms with Crippen molar-refractivity contribution in [1.82, 2.24) is 0 Å². The Morgan fingerprint density at radius 2 is 1.36 bits per heavy atom. The largest absolute Gasteiger partial charge is 0.497 e. The molecule has 0 fully saturated rings. The van der Waals surface area contributed by atoms with Gasteiger partial charge in [0.25, 0.3) is 0 Å². The molecule has 0 amide bonds. The van der Waals surface area contributed by atoms with Crippen LogP contribution in [-0.2, 0) is 10.8 Å². The molecule has 0 atom stereocenters. The Labute approximate surface area is 201 Å². The summed E-state index contributed by atoms with van der Waals surface area (Å²) in [4.78, 5) is 5.31. The van der Waals surface area contributed by atoms with Gasteiger partial charge in [0.15, 0.2) is 0 Å². The first-order valence-corrected chi connectivity index (χ1v) is 12.0. The number of methoxy groups -OCH3 is 1. The molecule has 176 valence electrons. The van der Waals surface area contributed by atoms with Crippen LogP contribution in [0.15, 0.2) is 69.7 Å². The lowest BCUT2D eigenvalue weighted by molar-refractivity contribution is 0.415. The monoisotopic (exact) mass is 443 g/mol. The van der Waals surface area contributed by atoms with Crippen LogP contribution in [0.1, 0.15) is 91.8 Å². The second-order valence-corrected chi connectivity index (χ2v) is 11.5. The summed E-state index contributed by atoms with van der Waals surface area (Å²) in [6, 6.07) is 14.9. The van der Waals surface area contributed by atoms with Crippen molar-refractivity contribution in [2.75, 3.05) is 7.11 Å². The van der Waals surface area contributed by atoms with Gasteiger partial charge in [0.1, 0.15) is 5.75 Å². The molecule has 33 heavy (non-hydrogen) atoms. The van der Waals surface area contributed by atoms with Gasteiger partial charge in [-0.15, -0.1) is 0 Å². The number of hydrogen-bond acceptors (Lipinski definition) is 2. The second-order valence-electron chi connectivity index (χ2n) is 11.5. The molecule has 2 heteroatoms. The number of rotatable bonds is 5. The van der Waals surface area contributed by atoms with Crippen LogP contribution in [0, 0.1) is 0 Å². The first-order valence-electron chi connectivity index (χ1n) is 12.0. The third-order valence-electron chi connectivity index (χ3n) is 6.90. The molecule has 1 aliphatic carbocycles. The Morgan fingerprint density at radius 1 is 0.818 bits per heavy atom. The second kappa shape index (κ2) is 9.33. The normalized spacial score (nSPS) is 15.5. The summed E-state index contributed by atoms with van der Waals surface area (Å²) in [7, 11) is 1.70. The van der Waals surface area contributed by atoms with Gasteiger partial charge in [0.05, 0.1) is 18.5 Å². The average Bonchev–Trinajstić information content (AvgIpc) is 2.98. The predicted molar refractivity (Wildman–Crippen MR) is 143 cm³/mol. The topological polar surface area (TPSA) is 21.6 Å². The van der Waals surface area contributed by atoms with Crippen molar-refractivity contribution in [3.8, 4) is 5.75 Å². The molecule has 0 unspecified atom stereocenters. The minimum Gasteiger partial charge on any atom is -0.497 e. The van der Waals surface area contributed by atoms with Crippen molar-refractivity contribution in [1.29, 1.82) is 0 Å². The number of nitrogens with zero attached hydrogens (tertiary/aromatic N) is 1. The van der Waals surface area contributed by atoms with Gasteiger partial charge >= 0.3 is 0 Å². The van der Waals surface area contributed by atoms with Crippen molar-refractivity contribution < 1.29 is 4.74 Å². The zero-order chi connectivity index (χ0) is 24.6. The maximum atomic E-state index is 5.37. The quantitative estimate of drug-likeness (QED) is 0.423. The number of aliphatic imine (C=N–C) groups is 1. The lowest BCUT2D eigenvalue weighted by atomic mass is 9.74. The molecule has 2 nitrogen and oxygen atoms in total. The van der Waals surface area contributed by atoms with Crippen LogP contribution in [-0.4, -0.2) is 12.8 Å². The Hall–Kier alpha value is -2.61. The van der Waals surface area contributed by atoms with E-state index in [1.165, 1.54) is 39.0 Å². The molecule has 0 heterocycles. The summed E-state index contributed by atoms with van der Waals surface area (Å²) in [6.45, 7) is 20.6. The van der Waals surface area contributed by atoms with E-state index in [1.807, 2.05) is 12.1 Å². The highest BCUT2D eigenvalue weighted by molar-refractivity contribution is 6.06. The maximum Gasteiger partial charge on any atom is 0.119 e. The third kappa shape index (κ3) is 5.49. The van der Waals surface area contributed by atoms with E-state index >= 15 is 0 Å². The fourth-order valence-electron chi connectivity index (χ4n) is 4.68. The van der Waals surface area contributed by atoms with Gasteiger partial charge in [-0.3, -0.25) is 4.99 Å². The fraction of sp³-hybridized carbons (Fsp3) is 0.452. The van der Waals surface area contributed by atoms with E-state index in [0.29, 0.717) is 0 Å². The van der Waals surface area contributed by atoms with Crippen molar-refractivity contribution in [3.63, 3.8) is 0 Å². The maximum absolute atomic E-state index is 5.37. The summed E-state index contributed by atoms with van der Waals surface area (Å²) in [5.41, 5.74) is 12.0. The summed E-state index contributed by atoms with van der Waals surface area (Å²) < 4.78 is 5.37. The Kier molecular flexibility index (Phi) is 7.07. The average molecular weight is 444 g/mol. The molecule has 0 spiro atoms. The van der Waals surface area contributed by atoms with Crippen molar-refractivity contribution in [3.05, 3.63) is 81.4 Å². The number of hydrogen-bond donors (Lipinski definition) is 0. The lowest BCUT2D eigenvalue weighted by Gasteiger charge is -2.31. The van der Waals surface area contributed by atoms with E-state index in [9.17, 15) is 0 Å². The van der Waals surface area contributed by atoms with E-state index < -0.39 is 0 Å². The first-order chi connectivity index (χ1) is 15.3. The van der Waals surface area contributed by atoms with Crippen LogP contribution in [0.25, 0.3) is 0 Å². The zero-order valence-electron chi connectivity index (χ0n) is 22.3. The van der Waals surface area contributed by atoms with Crippen LogP contribution >= 0.6 is 0 Å². The summed E-state index contributed by atoms with van der Waals surface area (Å²) in [5.74, 6) is 0.853. The highest BCUT2D eigenvalue weighted by Crippen LogP contribution is 2.39. The molecule has 2 aromatic rings. The number of benzene rings is 2. The fourth-order valence-corrected chi connectivity index (χ4v) is 4.68. The highest BCUT2D eigenvalue weighted by atomic mass is 16.5. The first kappa shape index (κ1) is 25.0. The van der Waals surface area contributed by atoms with Crippen molar-refractivity contribution >= 4 is 11.4 Å². The summed E-state index contributed by atoms with van der Waals surface area (Å²) in [6.07, 6.45) is 1.91. The van der Waals surface area contributed by atoms with E-state index in [4.69, 9.17) is 9.73 Å². The lowest BCUT2D eigenvalue weighted by Crippen LogP contribution is -2.24. The van der Waals surface area contributed by atoms with E-state index in [-0.39, 0.29) is 10.8 Å². The van der Waals surface area contributed by atoms with Crippen LogP contribution in [0.5, 0.6) is 5.75 Å². The molecule has 0 bridgehead atoms. The molecule has 0 radical (unpaired) electrons. The SMILES string of the molecule is COc1ccc(/N=C(/CC2=C(C)C(C)=C(C)C2)c2c(C(C)(C)C)cccc2C(C)(C)C)cc1. The molecule has 0 aliphatic heterocycles. The highest BCUT2D eigenvalue weighted by Gasteiger charge is 2.29. The number of allylic oxidation sites excluding steroid dienone is 4. The van der Waals surface area contributed by atoms with Gasteiger partial charge in [-0.05, 0) is 84.6 Å². The molecule has 3 rings (SSSR count). The molecular formula is C31H41NO. The molecule has 0 saturated carbocycles. The molecular weight excluding hydrogens is 402 g/mol. The van der Waals surface area contributed by atoms with Crippen LogP contribution in [0.4, 0.5) is 5.69 Å². The van der Waals surface area contributed by atoms with E-state index in [1.54, 1.807) is 7.11 Å². The Bertz CT molecular complexity index is 1080. The Morgan fingerprint density at radius 3 is 1.79 bits per heavy atom. The molecule has 0 saturated heterocycles. The minimum atomic E-state index is 0.0143. The van der Waals surface area contributed by atoms with Crippen LogP contribution in [0.2, 0.25) is 0 Å². The van der Waals surface area contributed by atoms with Crippen molar-refractivity contribution in [2.45, 2.75) is 86.0 Å². The number of ether oxygens (including phenoxy) is 1. The molecule has 1 aliphatic rings. The van der Waals surface area contributed by atoms with Gasteiger partial charge in [-0.25, -0.2) is 0 Å².